The molecule has 2 aromatic rings. The highest BCUT2D eigenvalue weighted by Gasteiger charge is 2.06. The number of benzene rings is 1. The lowest BCUT2D eigenvalue weighted by Gasteiger charge is -2.02. The van der Waals surface area contributed by atoms with E-state index >= 15 is 0 Å². The summed E-state index contributed by atoms with van der Waals surface area (Å²) in [4.78, 5) is 0. The van der Waals surface area contributed by atoms with Gasteiger partial charge in [0.2, 0.25) is 0 Å². The molecule has 1 heterocycles. The van der Waals surface area contributed by atoms with E-state index in [0.717, 1.165) is 34.2 Å². The lowest BCUT2D eigenvalue weighted by molar-refractivity contribution is 0.340. The summed E-state index contributed by atoms with van der Waals surface area (Å²) < 4.78 is 5.41. The van der Waals surface area contributed by atoms with Crippen LogP contribution in [0.5, 0.6) is 5.75 Å². The second kappa shape index (κ2) is 6.47. The van der Waals surface area contributed by atoms with Crippen molar-refractivity contribution in [1.29, 1.82) is 0 Å². The molecule has 96 valence electrons. The lowest BCUT2D eigenvalue weighted by atomic mass is 10.2. The Morgan fingerprint density at radius 3 is 2.67 bits per heavy atom. The average Bonchev–Trinajstić information content (AvgIpc) is 2.86. The molecule has 0 aliphatic rings. The second-order valence-corrected chi connectivity index (χ2v) is 4.91. The van der Waals surface area contributed by atoms with E-state index in [9.17, 15) is 0 Å². The van der Waals surface area contributed by atoms with Gasteiger partial charge in [0.15, 0.2) is 0 Å². The largest absolute Gasteiger partial charge is 0.494 e. The van der Waals surface area contributed by atoms with Crippen molar-refractivity contribution in [2.75, 3.05) is 13.2 Å². The van der Waals surface area contributed by atoms with Gasteiger partial charge in [0, 0.05) is 12.0 Å². The predicted octanol–water partition coefficient (Wildman–Crippen LogP) is 2.50. The molecule has 5 heteroatoms. The quantitative estimate of drug-likeness (QED) is 0.870. The molecule has 2 rings (SSSR count). The van der Waals surface area contributed by atoms with E-state index in [2.05, 4.69) is 10.2 Å². The van der Waals surface area contributed by atoms with Gasteiger partial charge in [-0.25, -0.2) is 0 Å². The lowest BCUT2D eigenvalue weighted by Crippen LogP contribution is -1.99. The van der Waals surface area contributed by atoms with Gasteiger partial charge in [-0.3, -0.25) is 0 Å². The van der Waals surface area contributed by atoms with Crippen molar-refractivity contribution in [2.24, 2.45) is 5.73 Å². The van der Waals surface area contributed by atoms with Gasteiger partial charge in [0.05, 0.1) is 6.61 Å². The summed E-state index contributed by atoms with van der Waals surface area (Å²) in [6.45, 7) is 3.35. The highest BCUT2D eigenvalue weighted by Crippen LogP contribution is 2.25. The van der Waals surface area contributed by atoms with Crippen LogP contribution in [0.4, 0.5) is 0 Å². The Labute approximate surface area is 111 Å². The Hall–Kier alpha value is -1.46. The number of aromatic nitrogens is 2. The van der Waals surface area contributed by atoms with Crippen molar-refractivity contribution in [3.8, 4) is 16.3 Å². The Morgan fingerprint density at radius 1 is 1.22 bits per heavy atom. The molecule has 2 N–H and O–H groups in total. The minimum Gasteiger partial charge on any atom is -0.494 e. The molecule has 0 aliphatic heterocycles. The van der Waals surface area contributed by atoms with Gasteiger partial charge >= 0.3 is 0 Å². The Bertz CT molecular complexity index is 481. The fourth-order valence-corrected chi connectivity index (χ4v) is 2.47. The van der Waals surface area contributed by atoms with E-state index in [0.29, 0.717) is 13.2 Å². The van der Waals surface area contributed by atoms with E-state index in [1.807, 2.05) is 31.2 Å². The minimum absolute atomic E-state index is 0.682. The van der Waals surface area contributed by atoms with E-state index in [4.69, 9.17) is 10.5 Å². The number of nitrogens with zero attached hydrogens (tertiary/aromatic N) is 2. The maximum Gasteiger partial charge on any atom is 0.147 e. The van der Waals surface area contributed by atoms with E-state index in [1.54, 1.807) is 11.3 Å². The smallest absolute Gasteiger partial charge is 0.147 e. The van der Waals surface area contributed by atoms with Gasteiger partial charge in [-0.05, 0) is 44.2 Å². The molecular weight excluding hydrogens is 246 g/mol. The first-order valence-electron chi connectivity index (χ1n) is 6.09. The molecule has 0 aliphatic carbocycles. The van der Waals surface area contributed by atoms with E-state index < -0.39 is 0 Å². The molecule has 4 nitrogen and oxygen atoms in total. The van der Waals surface area contributed by atoms with Crippen LogP contribution in [0, 0.1) is 0 Å². The molecule has 0 amide bonds. The molecule has 0 spiro atoms. The first-order valence-corrected chi connectivity index (χ1v) is 6.91. The van der Waals surface area contributed by atoms with Crippen LogP contribution in [0.3, 0.4) is 0 Å². The summed E-state index contributed by atoms with van der Waals surface area (Å²) in [5.41, 5.74) is 6.56. The number of hydrogen-bond acceptors (Lipinski definition) is 5. The predicted molar refractivity (Wildman–Crippen MR) is 73.9 cm³/mol. The van der Waals surface area contributed by atoms with Crippen LogP contribution < -0.4 is 10.5 Å². The minimum atomic E-state index is 0.682. The molecule has 0 bridgehead atoms. The fraction of sp³-hybridized carbons (Fsp3) is 0.385. The monoisotopic (exact) mass is 263 g/mol. The second-order valence-electron chi connectivity index (χ2n) is 3.85. The van der Waals surface area contributed by atoms with Gasteiger partial charge in [0.1, 0.15) is 15.8 Å². The summed E-state index contributed by atoms with van der Waals surface area (Å²) in [5, 5.41) is 10.4. The van der Waals surface area contributed by atoms with Gasteiger partial charge in [-0.2, -0.15) is 0 Å². The van der Waals surface area contributed by atoms with Crippen LogP contribution in [0.25, 0.3) is 10.6 Å². The van der Waals surface area contributed by atoms with Crippen LogP contribution in [-0.2, 0) is 6.42 Å². The van der Waals surface area contributed by atoms with Crippen LogP contribution >= 0.6 is 11.3 Å². The van der Waals surface area contributed by atoms with Crippen molar-refractivity contribution in [3.05, 3.63) is 29.3 Å². The van der Waals surface area contributed by atoms with Gasteiger partial charge < -0.3 is 10.5 Å². The highest BCUT2D eigenvalue weighted by atomic mass is 32.1. The SMILES string of the molecule is CCOc1ccc(-c2nnc(CCCN)s2)cc1. The Morgan fingerprint density at radius 2 is 2.00 bits per heavy atom. The first-order chi connectivity index (χ1) is 8.83. The molecule has 0 saturated carbocycles. The number of rotatable bonds is 6. The molecule has 1 aromatic heterocycles. The molecule has 0 fully saturated rings. The molecule has 0 unspecified atom stereocenters. The standard InChI is InChI=1S/C13H17N3OS/c1-2-17-11-7-5-10(6-8-11)13-16-15-12(18-13)4-3-9-14/h5-8H,2-4,9,14H2,1H3. The van der Waals surface area contributed by atoms with Crippen molar-refractivity contribution in [1.82, 2.24) is 10.2 Å². The number of aryl methyl sites for hydroxylation is 1. The Kier molecular flexibility index (Phi) is 4.66. The third-order valence-electron chi connectivity index (χ3n) is 2.47. The molecule has 0 atom stereocenters. The summed E-state index contributed by atoms with van der Waals surface area (Å²) in [6, 6.07) is 7.94. The zero-order chi connectivity index (χ0) is 12.8. The maximum absolute atomic E-state index is 5.48. The summed E-state index contributed by atoms with van der Waals surface area (Å²) in [5.74, 6) is 0.883. The average molecular weight is 263 g/mol. The summed E-state index contributed by atoms with van der Waals surface area (Å²) in [6.07, 6.45) is 1.86. The van der Waals surface area contributed by atoms with Gasteiger partial charge in [-0.15, -0.1) is 10.2 Å². The maximum atomic E-state index is 5.48. The fourth-order valence-electron chi connectivity index (χ4n) is 1.58. The molecule has 0 saturated heterocycles. The van der Waals surface area contributed by atoms with Crippen molar-refractivity contribution < 1.29 is 4.74 Å². The van der Waals surface area contributed by atoms with Crippen LogP contribution in [-0.4, -0.2) is 23.3 Å². The van der Waals surface area contributed by atoms with Crippen molar-refractivity contribution in [3.63, 3.8) is 0 Å². The molecule has 1 aromatic carbocycles. The molecule has 0 radical (unpaired) electrons. The van der Waals surface area contributed by atoms with Crippen molar-refractivity contribution in [2.45, 2.75) is 19.8 Å². The number of ether oxygens (including phenoxy) is 1. The number of hydrogen-bond donors (Lipinski definition) is 1. The molecule has 18 heavy (non-hydrogen) atoms. The van der Waals surface area contributed by atoms with Gasteiger partial charge in [0.25, 0.3) is 0 Å². The summed E-state index contributed by atoms with van der Waals surface area (Å²) >= 11 is 1.63. The van der Waals surface area contributed by atoms with E-state index in [-0.39, 0.29) is 0 Å². The first kappa shape index (κ1) is 13.0. The highest BCUT2D eigenvalue weighted by molar-refractivity contribution is 7.14. The Balaban J connectivity index is 2.08. The van der Waals surface area contributed by atoms with Gasteiger partial charge in [-0.1, -0.05) is 11.3 Å². The normalized spacial score (nSPS) is 10.6. The third kappa shape index (κ3) is 3.27. The summed E-state index contributed by atoms with van der Waals surface area (Å²) in [7, 11) is 0. The zero-order valence-electron chi connectivity index (χ0n) is 10.4. The number of nitrogens with two attached hydrogens (primary N) is 1. The van der Waals surface area contributed by atoms with Crippen molar-refractivity contribution >= 4 is 11.3 Å². The van der Waals surface area contributed by atoms with Crippen LogP contribution in [0.1, 0.15) is 18.4 Å². The third-order valence-corrected chi connectivity index (χ3v) is 3.51. The van der Waals surface area contributed by atoms with E-state index in [1.165, 1.54) is 0 Å². The molecular formula is C13H17N3OS. The van der Waals surface area contributed by atoms with Crippen LogP contribution in [0.15, 0.2) is 24.3 Å². The topological polar surface area (TPSA) is 61.0 Å². The van der Waals surface area contributed by atoms with Crippen LogP contribution in [0.2, 0.25) is 0 Å². The zero-order valence-corrected chi connectivity index (χ0v) is 11.2.